The average molecular weight is 197 g/mol. The van der Waals surface area contributed by atoms with E-state index in [0.29, 0.717) is 0 Å². The van der Waals surface area contributed by atoms with E-state index in [-0.39, 0.29) is 11.1 Å². The summed E-state index contributed by atoms with van der Waals surface area (Å²) in [5, 5.41) is 10.3. The molecule has 1 fully saturated rings. The van der Waals surface area contributed by atoms with Crippen LogP contribution in [0.4, 0.5) is 0 Å². The van der Waals surface area contributed by atoms with Gasteiger partial charge in [-0.05, 0) is 47.6 Å². The summed E-state index contributed by atoms with van der Waals surface area (Å²) in [7, 11) is 2.13. The van der Waals surface area contributed by atoms with Crippen LogP contribution in [0.5, 0.6) is 0 Å². The van der Waals surface area contributed by atoms with Gasteiger partial charge < -0.3 is 5.11 Å². The van der Waals surface area contributed by atoms with Crippen molar-refractivity contribution in [3.63, 3.8) is 0 Å². The van der Waals surface area contributed by atoms with Crippen LogP contribution in [0, 0.1) is 0 Å². The number of piperidine rings is 1. The number of rotatable bonds is 1. The molecule has 0 amide bonds. The Kier molecular flexibility index (Phi) is 2.58. The maximum atomic E-state index is 10.3. The number of nitrogens with zero attached hydrogens (tertiary/aromatic N) is 1. The first-order chi connectivity index (χ1) is 6.13. The predicted octanol–water partition coefficient (Wildman–Crippen LogP) is 2.19. The normalized spacial score (nSPS) is 29.9. The third-order valence-electron chi connectivity index (χ3n) is 3.67. The molecule has 82 valence electrons. The van der Waals surface area contributed by atoms with Crippen molar-refractivity contribution in [3.05, 3.63) is 12.7 Å². The Bertz CT molecular complexity index is 225. The van der Waals surface area contributed by atoms with E-state index in [2.05, 4.69) is 46.2 Å². The van der Waals surface area contributed by atoms with E-state index in [1.165, 1.54) is 0 Å². The third kappa shape index (κ3) is 1.86. The number of likely N-dealkylation sites (tertiary alicyclic amines) is 1. The van der Waals surface area contributed by atoms with Gasteiger partial charge in [0.25, 0.3) is 0 Å². The minimum absolute atomic E-state index is 0.0185. The SMILES string of the molecule is C=CC1(O)CC(C)(C)N(C)C(C)(C)C1. The lowest BCUT2D eigenvalue weighted by atomic mass is 9.71. The molecule has 14 heavy (non-hydrogen) atoms. The average Bonchev–Trinajstić information content (AvgIpc) is 1.99. The zero-order valence-corrected chi connectivity index (χ0v) is 10.1. The molecular formula is C12H23NO. The summed E-state index contributed by atoms with van der Waals surface area (Å²) in [6.07, 6.45) is 3.20. The van der Waals surface area contributed by atoms with Gasteiger partial charge >= 0.3 is 0 Å². The Morgan fingerprint density at radius 3 is 1.79 bits per heavy atom. The van der Waals surface area contributed by atoms with Crippen molar-refractivity contribution < 1.29 is 5.11 Å². The highest BCUT2D eigenvalue weighted by atomic mass is 16.3. The fourth-order valence-corrected chi connectivity index (χ4v) is 2.76. The quantitative estimate of drug-likeness (QED) is 0.651. The van der Waals surface area contributed by atoms with Crippen LogP contribution >= 0.6 is 0 Å². The maximum Gasteiger partial charge on any atom is 0.0859 e. The second kappa shape index (κ2) is 3.07. The first kappa shape index (κ1) is 11.7. The Hall–Kier alpha value is -0.340. The molecule has 0 aromatic carbocycles. The zero-order valence-electron chi connectivity index (χ0n) is 10.1. The summed E-state index contributed by atoms with van der Waals surface area (Å²) in [5.41, 5.74) is -0.672. The molecule has 2 heteroatoms. The molecule has 1 heterocycles. The van der Waals surface area contributed by atoms with Crippen molar-refractivity contribution in [2.75, 3.05) is 7.05 Å². The van der Waals surface area contributed by atoms with Crippen molar-refractivity contribution in [1.82, 2.24) is 4.90 Å². The molecule has 0 aromatic rings. The van der Waals surface area contributed by atoms with Gasteiger partial charge in [0.1, 0.15) is 0 Å². The van der Waals surface area contributed by atoms with E-state index in [1.807, 2.05) is 0 Å². The smallest absolute Gasteiger partial charge is 0.0859 e. The second-order valence-corrected chi connectivity index (χ2v) is 5.85. The third-order valence-corrected chi connectivity index (χ3v) is 3.67. The van der Waals surface area contributed by atoms with E-state index < -0.39 is 5.60 Å². The van der Waals surface area contributed by atoms with Gasteiger partial charge in [0.05, 0.1) is 5.60 Å². The van der Waals surface area contributed by atoms with Crippen LogP contribution in [0.15, 0.2) is 12.7 Å². The molecule has 1 saturated heterocycles. The summed E-state index contributed by atoms with van der Waals surface area (Å²) in [4.78, 5) is 2.35. The zero-order chi connectivity index (χ0) is 11.2. The van der Waals surface area contributed by atoms with Crippen molar-refractivity contribution >= 4 is 0 Å². The lowest BCUT2D eigenvalue weighted by Gasteiger charge is -2.56. The van der Waals surface area contributed by atoms with Gasteiger partial charge in [-0.2, -0.15) is 0 Å². The lowest BCUT2D eigenvalue weighted by Crippen LogP contribution is -2.63. The monoisotopic (exact) mass is 197 g/mol. The van der Waals surface area contributed by atoms with Crippen LogP contribution in [0.3, 0.4) is 0 Å². The van der Waals surface area contributed by atoms with Crippen molar-refractivity contribution in [2.45, 2.75) is 57.2 Å². The summed E-state index contributed by atoms with van der Waals surface area (Å²) < 4.78 is 0. The van der Waals surface area contributed by atoms with Crippen LogP contribution in [0.25, 0.3) is 0 Å². The molecule has 0 aliphatic carbocycles. The number of hydrogen-bond donors (Lipinski definition) is 1. The molecule has 1 rings (SSSR count). The Balaban J connectivity index is 3.03. The summed E-state index contributed by atoms with van der Waals surface area (Å²) in [5.74, 6) is 0. The van der Waals surface area contributed by atoms with E-state index in [0.717, 1.165) is 12.8 Å². The molecular weight excluding hydrogens is 174 g/mol. The highest BCUT2D eigenvalue weighted by Gasteiger charge is 2.48. The van der Waals surface area contributed by atoms with Crippen LogP contribution in [0.2, 0.25) is 0 Å². The highest BCUT2D eigenvalue weighted by Crippen LogP contribution is 2.42. The minimum atomic E-state index is -0.709. The summed E-state index contributed by atoms with van der Waals surface area (Å²) in [6.45, 7) is 12.4. The Morgan fingerprint density at radius 1 is 1.14 bits per heavy atom. The van der Waals surface area contributed by atoms with Gasteiger partial charge in [0.15, 0.2) is 0 Å². The molecule has 0 radical (unpaired) electrons. The highest BCUT2D eigenvalue weighted by molar-refractivity contribution is 5.11. The number of aliphatic hydroxyl groups is 1. The van der Waals surface area contributed by atoms with Gasteiger partial charge in [-0.15, -0.1) is 6.58 Å². The number of hydrogen-bond acceptors (Lipinski definition) is 2. The van der Waals surface area contributed by atoms with Crippen LogP contribution in [-0.2, 0) is 0 Å². The van der Waals surface area contributed by atoms with Crippen LogP contribution in [0.1, 0.15) is 40.5 Å². The fraction of sp³-hybridized carbons (Fsp3) is 0.833. The van der Waals surface area contributed by atoms with Gasteiger partial charge in [0.2, 0.25) is 0 Å². The minimum Gasteiger partial charge on any atom is -0.386 e. The van der Waals surface area contributed by atoms with E-state index in [4.69, 9.17) is 0 Å². The van der Waals surface area contributed by atoms with Gasteiger partial charge in [-0.1, -0.05) is 6.08 Å². The van der Waals surface area contributed by atoms with E-state index in [9.17, 15) is 5.11 Å². The first-order valence-corrected chi connectivity index (χ1v) is 5.23. The molecule has 0 bridgehead atoms. The molecule has 1 aliphatic rings. The molecule has 0 saturated carbocycles. The molecule has 2 nitrogen and oxygen atoms in total. The standard InChI is InChI=1S/C12H23NO/c1-7-12(14)8-10(2,3)13(6)11(4,5)9-12/h7,14H,1,8-9H2,2-6H3. The topological polar surface area (TPSA) is 23.5 Å². The van der Waals surface area contributed by atoms with Gasteiger partial charge in [-0.3, -0.25) is 4.90 Å². The van der Waals surface area contributed by atoms with Crippen LogP contribution < -0.4 is 0 Å². The van der Waals surface area contributed by atoms with Crippen molar-refractivity contribution in [2.24, 2.45) is 0 Å². The van der Waals surface area contributed by atoms with Gasteiger partial charge in [0, 0.05) is 11.1 Å². The molecule has 0 spiro atoms. The molecule has 1 N–H and O–H groups in total. The Labute approximate surface area is 87.6 Å². The van der Waals surface area contributed by atoms with E-state index >= 15 is 0 Å². The molecule has 0 atom stereocenters. The lowest BCUT2D eigenvalue weighted by molar-refractivity contribution is -0.0997. The summed E-state index contributed by atoms with van der Waals surface area (Å²) in [6, 6.07) is 0. The second-order valence-electron chi connectivity index (χ2n) is 5.85. The van der Waals surface area contributed by atoms with E-state index in [1.54, 1.807) is 6.08 Å². The molecule has 1 aliphatic heterocycles. The maximum absolute atomic E-state index is 10.3. The summed E-state index contributed by atoms with van der Waals surface area (Å²) >= 11 is 0. The van der Waals surface area contributed by atoms with Crippen LogP contribution in [-0.4, -0.2) is 33.7 Å². The predicted molar refractivity (Wildman–Crippen MR) is 60.3 cm³/mol. The van der Waals surface area contributed by atoms with Crippen molar-refractivity contribution in [1.29, 1.82) is 0 Å². The molecule has 0 aromatic heterocycles. The molecule has 0 unspecified atom stereocenters. The Morgan fingerprint density at radius 2 is 1.50 bits per heavy atom. The largest absolute Gasteiger partial charge is 0.386 e. The fourth-order valence-electron chi connectivity index (χ4n) is 2.76. The van der Waals surface area contributed by atoms with Gasteiger partial charge in [-0.25, -0.2) is 0 Å². The van der Waals surface area contributed by atoms with Crippen molar-refractivity contribution in [3.8, 4) is 0 Å². The first-order valence-electron chi connectivity index (χ1n) is 5.23.